The van der Waals surface area contributed by atoms with E-state index in [4.69, 9.17) is 28.0 Å². The predicted molar refractivity (Wildman–Crippen MR) is 159 cm³/mol. The van der Waals surface area contributed by atoms with Gasteiger partial charge in [-0.2, -0.15) is 0 Å². The van der Waals surface area contributed by atoms with Gasteiger partial charge in [0.05, 0.1) is 15.6 Å². The van der Waals surface area contributed by atoms with Crippen molar-refractivity contribution in [3.8, 4) is 0 Å². The van der Waals surface area contributed by atoms with Crippen molar-refractivity contribution in [2.24, 2.45) is 5.16 Å². The monoisotopic (exact) mass is 605 g/mol. The number of nitrogens with one attached hydrogen (secondary N) is 1. The van der Waals surface area contributed by atoms with E-state index >= 15 is 4.79 Å². The number of likely N-dealkylation sites (tertiary alicyclic amines) is 1. The number of hydrogen-bond donors (Lipinski definition) is 1. The molecule has 4 atom stereocenters. The van der Waals surface area contributed by atoms with Crippen molar-refractivity contribution >= 4 is 58.3 Å². The summed E-state index contributed by atoms with van der Waals surface area (Å²) in [7, 11) is 1.94. The molecule has 3 aromatic carbocycles. The minimum absolute atomic E-state index is 0.140. The lowest BCUT2D eigenvalue weighted by Crippen LogP contribution is -2.63. The molecule has 0 aromatic heterocycles. The molecule has 0 radical (unpaired) electrons. The molecule has 3 saturated heterocycles. The maximum atomic E-state index is 15.2. The Bertz CT molecular complexity index is 1650. The number of carbonyl (C=O) groups excluding carboxylic acids is 2. The second-order valence-corrected chi connectivity index (χ2v) is 13.2. The van der Waals surface area contributed by atoms with E-state index in [9.17, 15) is 4.79 Å². The van der Waals surface area contributed by atoms with E-state index < -0.39 is 15.5 Å². The molecule has 3 fully saturated rings. The van der Waals surface area contributed by atoms with Gasteiger partial charge in [0.2, 0.25) is 5.91 Å². The molecule has 3 aromatic rings. The van der Waals surface area contributed by atoms with Gasteiger partial charge in [-0.05, 0) is 49.0 Å². The molecule has 1 N–H and O–H groups in total. The van der Waals surface area contributed by atoms with Crippen molar-refractivity contribution in [1.82, 2.24) is 14.7 Å². The summed E-state index contributed by atoms with van der Waals surface area (Å²) in [6.07, 6.45) is 0.691. The van der Waals surface area contributed by atoms with Crippen LogP contribution in [0, 0.1) is 0 Å². The second-order valence-electron chi connectivity index (χ2n) is 11.0. The van der Waals surface area contributed by atoms with Crippen LogP contribution in [0.3, 0.4) is 0 Å². The van der Waals surface area contributed by atoms with Gasteiger partial charge in [0.15, 0.2) is 11.4 Å². The predicted octanol–water partition coefficient (Wildman–Crippen LogP) is 4.89. The summed E-state index contributed by atoms with van der Waals surface area (Å²) in [5.41, 5.74) is 1.79. The van der Waals surface area contributed by atoms with E-state index in [1.807, 2.05) is 66.5 Å². The van der Waals surface area contributed by atoms with Crippen LogP contribution in [0.5, 0.6) is 0 Å². The van der Waals surface area contributed by atoms with E-state index in [-0.39, 0.29) is 17.7 Å². The lowest BCUT2D eigenvalue weighted by Gasteiger charge is -2.43. The van der Waals surface area contributed by atoms with Crippen LogP contribution in [0.15, 0.2) is 78.0 Å². The average molecular weight is 607 g/mol. The Morgan fingerprint density at radius 2 is 1.66 bits per heavy atom. The van der Waals surface area contributed by atoms with Gasteiger partial charge in [-0.15, -0.1) is 0 Å². The minimum Gasteiger partial charge on any atom is -0.332 e. The van der Waals surface area contributed by atoms with E-state index in [2.05, 4.69) is 15.4 Å². The molecule has 11 heteroatoms. The number of rotatable bonds is 2. The summed E-state index contributed by atoms with van der Waals surface area (Å²) in [5.74, 6) is -0.187. The summed E-state index contributed by atoms with van der Waals surface area (Å²) < 4.78 is -1.27. The first-order valence-electron chi connectivity index (χ1n) is 13.5. The molecule has 2 amide bonds. The number of para-hydroxylation sites is 1. The van der Waals surface area contributed by atoms with Crippen molar-refractivity contribution in [3.05, 3.63) is 99.5 Å². The minimum atomic E-state index is -1.30. The van der Waals surface area contributed by atoms with Gasteiger partial charge in [-0.1, -0.05) is 83.0 Å². The normalized spacial score (nSPS) is 31.8. The van der Waals surface area contributed by atoms with Crippen LogP contribution >= 0.6 is 35.0 Å². The molecule has 0 saturated carbocycles. The number of halogens is 2. The van der Waals surface area contributed by atoms with Gasteiger partial charge in [-0.3, -0.25) is 24.3 Å². The fraction of sp³-hybridized carbons (Fsp3) is 0.300. The number of benzene rings is 3. The van der Waals surface area contributed by atoms with Crippen LogP contribution in [0.2, 0.25) is 10.0 Å². The molecule has 8 rings (SSSR count). The van der Waals surface area contributed by atoms with Gasteiger partial charge in [0.25, 0.3) is 5.91 Å². The Hall–Kier alpha value is -3.24. The maximum absolute atomic E-state index is 15.2. The third-order valence-corrected chi connectivity index (χ3v) is 11.6. The fourth-order valence-corrected chi connectivity index (χ4v) is 10.2. The van der Waals surface area contributed by atoms with Crippen LogP contribution in [0.1, 0.15) is 29.0 Å². The Morgan fingerprint density at radius 3 is 2.44 bits per heavy atom. The molecule has 4 unspecified atom stereocenters. The summed E-state index contributed by atoms with van der Waals surface area (Å²) in [5, 5.41) is 7.24. The van der Waals surface area contributed by atoms with Gasteiger partial charge >= 0.3 is 5.18 Å². The maximum Gasteiger partial charge on any atom is 0.344 e. The highest BCUT2D eigenvalue weighted by Crippen LogP contribution is 2.70. The zero-order valence-corrected chi connectivity index (χ0v) is 24.3. The molecule has 5 heterocycles. The van der Waals surface area contributed by atoms with Crippen LogP contribution in [0.4, 0.5) is 5.69 Å². The van der Waals surface area contributed by atoms with Gasteiger partial charge in [-0.25, -0.2) is 0 Å². The highest BCUT2D eigenvalue weighted by Gasteiger charge is 2.83. The number of thioether (sulfide) groups is 1. The molecule has 8 nitrogen and oxygen atoms in total. The summed E-state index contributed by atoms with van der Waals surface area (Å²) >= 11 is 14.7. The van der Waals surface area contributed by atoms with Gasteiger partial charge in [0.1, 0.15) is 4.75 Å². The van der Waals surface area contributed by atoms with Gasteiger partial charge in [0, 0.05) is 36.8 Å². The smallest absolute Gasteiger partial charge is 0.332 e. The highest BCUT2D eigenvalue weighted by atomic mass is 35.5. The van der Waals surface area contributed by atoms with E-state index in [0.717, 1.165) is 16.8 Å². The molecule has 208 valence electrons. The first-order chi connectivity index (χ1) is 19.9. The van der Waals surface area contributed by atoms with E-state index in [1.165, 1.54) is 11.8 Å². The largest absolute Gasteiger partial charge is 0.344 e. The number of fused-ring (bicyclic) bond motifs is 3. The number of hydrogen-bond acceptors (Lipinski definition) is 7. The van der Waals surface area contributed by atoms with Crippen molar-refractivity contribution in [1.29, 1.82) is 0 Å². The molecule has 0 bridgehead atoms. The topological polar surface area (TPSA) is 77.5 Å². The first kappa shape index (κ1) is 25.5. The van der Waals surface area contributed by atoms with Crippen molar-refractivity contribution in [2.75, 3.05) is 32.0 Å². The molecule has 3 spiro atoms. The molecule has 5 aliphatic heterocycles. The Labute approximate surface area is 251 Å². The summed E-state index contributed by atoms with van der Waals surface area (Å²) in [4.78, 5) is 41.8. The standard InChI is InChI=1S/C30H25Cl2N5O3S/c1-35-17-20(18-9-3-2-4-10-18)29(28(35)19-11-5-6-14-23(19)33-26(28)38)27(39)37-16-8-15-36-25(34-40-30(36,37)41-29)24-21(31)12-7-13-22(24)32/h2-7,9-14,20H,8,15-17H2,1H3,(H,33,38). The number of likely N-dealkylation sites (N-methyl/N-ethyl adjacent to an activating group) is 1. The molecule has 5 aliphatic rings. The lowest BCUT2D eigenvalue weighted by molar-refractivity contribution is -0.172. The number of anilines is 1. The summed E-state index contributed by atoms with van der Waals surface area (Å²) in [6, 6.07) is 23.0. The van der Waals surface area contributed by atoms with Crippen LogP contribution in [0.25, 0.3) is 0 Å². The second kappa shape index (κ2) is 8.64. The highest BCUT2D eigenvalue weighted by molar-refractivity contribution is 8.03. The van der Waals surface area contributed by atoms with E-state index in [0.29, 0.717) is 47.5 Å². The zero-order chi connectivity index (χ0) is 28.1. The Kier molecular flexibility index (Phi) is 5.37. The number of carbonyl (C=O) groups is 2. The average Bonchev–Trinajstić information content (AvgIpc) is 3.65. The molecule has 0 aliphatic carbocycles. The van der Waals surface area contributed by atoms with Crippen molar-refractivity contribution in [3.63, 3.8) is 0 Å². The van der Waals surface area contributed by atoms with Crippen molar-refractivity contribution in [2.45, 2.75) is 27.8 Å². The SMILES string of the molecule is CN1CC(c2ccccc2)C2(SC34ON=C(c5c(Cl)cccc5Cl)N3CCCN4C2=O)C12C(=O)Nc1ccccc12. The third-order valence-electron chi connectivity index (χ3n) is 9.15. The van der Waals surface area contributed by atoms with Crippen LogP contribution < -0.4 is 5.32 Å². The number of oxime groups is 1. The molecular formula is C30H25Cl2N5O3S. The Balaban J connectivity index is 1.36. The van der Waals surface area contributed by atoms with E-state index in [1.54, 1.807) is 23.1 Å². The lowest BCUT2D eigenvalue weighted by atomic mass is 9.72. The molecule has 41 heavy (non-hydrogen) atoms. The first-order valence-corrected chi connectivity index (χ1v) is 15.1. The van der Waals surface area contributed by atoms with Gasteiger partial charge < -0.3 is 10.2 Å². The van der Waals surface area contributed by atoms with Crippen molar-refractivity contribution < 1.29 is 14.4 Å². The fourth-order valence-electron chi connectivity index (χ4n) is 7.55. The number of amides is 2. The number of amidine groups is 1. The summed E-state index contributed by atoms with van der Waals surface area (Å²) in [6.45, 7) is 1.54. The number of nitrogens with zero attached hydrogens (tertiary/aromatic N) is 4. The van der Waals surface area contributed by atoms with Crippen LogP contribution in [-0.2, 0) is 20.0 Å². The Morgan fingerprint density at radius 1 is 0.951 bits per heavy atom. The quantitative estimate of drug-likeness (QED) is 0.448. The molecular weight excluding hydrogens is 581 g/mol. The third kappa shape index (κ3) is 2.95. The van der Waals surface area contributed by atoms with Crippen LogP contribution in [-0.4, -0.2) is 69.0 Å². The zero-order valence-electron chi connectivity index (χ0n) is 22.0.